The Morgan fingerprint density at radius 2 is 1.89 bits per heavy atom. The highest BCUT2D eigenvalue weighted by Crippen LogP contribution is 2.33. The van der Waals surface area contributed by atoms with Crippen LogP contribution in [0.25, 0.3) is 0 Å². The molecule has 0 atom stereocenters. The first kappa shape index (κ1) is 16.9. The molecule has 0 aliphatic carbocycles. The second kappa shape index (κ2) is 7.57. The molecular weight excluding hydrogens is 264 g/mol. The molecule has 2 N–H and O–H groups in total. The van der Waals surface area contributed by atoms with Gasteiger partial charge in [0.05, 0.1) is 5.75 Å². The Kier molecular flexibility index (Phi) is 6.73. The first-order valence-electron chi connectivity index (χ1n) is 7.27. The topological polar surface area (TPSA) is 69.6 Å². The fraction of sp³-hybridized carbons (Fsp3) is 1.00. The summed E-state index contributed by atoms with van der Waals surface area (Å²) >= 11 is 0. The van der Waals surface area contributed by atoms with E-state index < -0.39 is 10.0 Å². The lowest BCUT2D eigenvalue weighted by atomic mass is 9.77. The molecular formula is C13H28N2O3S. The Balaban J connectivity index is 2.20. The average molecular weight is 292 g/mol. The van der Waals surface area contributed by atoms with Crippen molar-refractivity contribution in [1.82, 2.24) is 9.62 Å². The smallest absolute Gasteiger partial charge is 0.211 e. The largest absolute Gasteiger partial charge is 0.396 e. The van der Waals surface area contributed by atoms with E-state index in [1.807, 2.05) is 0 Å². The summed E-state index contributed by atoms with van der Waals surface area (Å²) < 4.78 is 25.1. The van der Waals surface area contributed by atoms with Gasteiger partial charge >= 0.3 is 0 Å². The molecule has 1 saturated heterocycles. The van der Waals surface area contributed by atoms with Gasteiger partial charge in [-0.05, 0) is 57.7 Å². The number of hydrogen-bond acceptors (Lipinski definition) is 4. The van der Waals surface area contributed by atoms with Crippen LogP contribution in [0.4, 0.5) is 0 Å². The van der Waals surface area contributed by atoms with E-state index in [1.165, 1.54) is 0 Å². The second-order valence-corrected chi connectivity index (χ2v) is 7.60. The maximum absolute atomic E-state index is 11.3. The summed E-state index contributed by atoms with van der Waals surface area (Å²) in [6, 6.07) is 0. The molecule has 0 unspecified atom stereocenters. The molecule has 0 spiro atoms. The molecule has 1 aliphatic heterocycles. The summed E-state index contributed by atoms with van der Waals surface area (Å²) in [5.74, 6) is 0.145. The number of rotatable bonds is 8. The number of hydrogen-bond donors (Lipinski definition) is 2. The van der Waals surface area contributed by atoms with E-state index in [1.54, 1.807) is 6.92 Å². The van der Waals surface area contributed by atoms with Crippen molar-refractivity contribution < 1.29 is 13.5 Å². The normalized spacial score (nSPS) is 20.6. The fourth-order valence-corrected chi connectivity index (χ4v) is 3.17. The highest BCUT2D eigenvalue weighted by Gasteiger charge is 2.31. The average Bonchev–Trinajstić information content (AvgIpc) is 2.44. The van der Waals surface area contributed by atoms with E-state index >= 15 is 0 Å². The summed E-state index contributed by atoms with van der Waals surface area (Å²) in [5.41, 5.74) is 0.125. The van der Waals surface area contributed by atoms with Crippen molar-refractivity contribution in [3.63, 3.8) is 0 Å². The Bertz CT molecular complexity index is 343. The number of nitrogens with one attached hydrogen (secondary N) is 1. The fourth-order valence-electron chi connectivity index (χ4n) is 2.51. The molecule has 1 fully saturated rings. The third-order valence-electron chi connectivity index (χ3n) is 4.36. The molecule has 6 heteroatoms. The molecule has 5 nitrogen and oxygen atoms in total. The Labute approximate surface area is 117 Å². The maximum Gasteiger partial charge on any atom is 0.211 e. The van der Waals surface area contributed by atoms with Crippen molar-refractivity contribution in [3.8, 4) is 0 Å². The minimum Gasteiger partial charge on any atom is -0.396 e. The van der Waals surface area contributed by atoms with Gasteiger partial charge < -0.3 is 10.0 Å². The van der Waals surface area contributed by atoms with Crippen molar-refractivity contribution in [2.24, 2.45) is 5.41 Å². The van der Waals surface area contributed by atoms with Crippen LogP contribution in [0.15, 0.2) is 0 Å². The molecule has 19 heavy (non-hydrogen) atoms. The molecule has 0 aromatic heterocycles. The standard InChI is InChI=1S/C13H28N2O3S/c1-3-13(12-16)6-10-15(11-7-13)9-5-8-14-19(17,18)4-2/h14,16H,3-12H2,1-2H3. The van der Waals surface area contributed by atoms with Crippen LogP contribution in [-0.2, 0) is 10.0 Å². The first-order valence-corrected chi connectivity index (χ1v) is 8.93. The van der Waals surface area contributed by atoms with Crippen molar-refractivity contribution in [2.45, 2.75) is 39.5 Å². The van der Waals surface area contributed by atoms with Crippen molar-refractivity contribution in [1.29, 1.82) is 0 Å². The minimum atomic E-state index is -3.05. The van der Waals surface area contributed by atoms with Crippen LogP contribution in [0, 0.1) is 5.41 Å². The quantitative estimate of drug-likeness (QED) is 0.649. The van der Waals surface area contributed by atoms with Crippen LogP contribution in [0.1, 0.15) is 39.5 Å². The van der Waals surface area contributed by atoms with E-state index in [-0.39, 0.29) is 17.8 Å². The number of piperidine rings is 1. The summed E-state index contributed by atoms with van der Waals surface area (Å²) in [7, 11) is -3.05. The van der Waals surface area contributed by atoms with Crippen molar-refractivity contribution >= 4 is 10.0 Å². The van der Waals surface area contributed by atoms with Gasteiger partial charge in [0.15, 0.2) is 0 Å². The SMILES string of the molecule is CCC1(CO)CCN(CCCNS(=O)(=O)CC)CC1. The van der Waals surface area contributed by atoms with E-state index in [9.17, 15) is 13.5 Å². The van der Waals surface area contributed by atoms with Crippen LogP contribution < -0.4 is 4.72 Å². The second-order valence-electron chi connectivity index (χ2n) is 5.50. The van der Waals surface area contributed by atoms with Gasteiger partial charge in [-0.25, -0.2) is 13.1 Å². The molecule has 0 radical (unpaired) electrons. The van der Waals surface area contributed by atoms with Crippen LogP contribution >= 0.6 is 0 Å². The third-order valence-corrected chi connectivity index (χ3v) is 5.76. The molecule has 0 bridgehead atoms. The summed E-state index contributed by atoms with van der Waals surface area (Å²) in [6.45, 7) is 7.54. The molecule has 0 aromatic rings. The first-order chi connectivity index (χ1) is 8.97. The van der Waals surface area contributed by atoms with E-state index in [0.29, 0.717) is 6.54 Å². The van der Waals surface area contributed by atoms with E-state index in [4.69, 9.17) is 0 Å². The Morgan fingerprint density at radius 3 is 2.37 bits per heavy atom. The molecule has 114 valence electrons. The maximum atomic E-state index is 11.3. The molecule has 1 rings (SSSR count). The highest BCUT2D eigenvalue weighted by molar-refractivity contribution is 7.89. The van der Waals surface area contributed by atoms with E-state index in [0.717, 1.165) is 45.3 Å². The lowest BCUT2D eigenvalue weighted by molar-refractivity contribution is 0.0408. The van der Waals surface area contributed by atoms with Gasteiger partial charge in [-0.3, -0.25) is 0 Å². The summed E-state index contributed by atoms with van der Waals surface area (Å²) in [6.07, 6.45) is 3.96. The van der Waals surface area contributed by atoms with Crippen LogP contribution in [0.2, 0.25) is 0 Å². The zero-order chi connectivity index (χ0) is 14.4. The van der Waals surface area contributed by atoms with Crippen molar-refractivity contribution in [2.75, 3.05) is 38.5 Å². The predicted octanol–water partition coefficient (Wildman–Crippen LogP) is 0.800. The van der Waals surface area contributed by atoms with Crippen LogP contribution in [0.3, 0.4) is 0 Å². The zero-order valence-electron chi connectivity index (χ0n) is 12.2. The minimum absolute atomic E-state index is 0.125. The number of sulfonamides is 1. The van der Waals surface area contributed by atoms with Gasteiger partial charge in [0.1, 0.15) is 0 Å². The predicted molar refractivity (Wildman–Crippen MR) is 77.6 cm³/mol. The van der Waals surface area contributed by atoms with Crippen LogP contribution in [-0.4, -0.2) is 57.0 Å². The van der Waals surface area contributed by atoms with Gasteiger partial charge in [0.25, 0.3) is 0 Å². The molecule has 0 saturated carbocycles. The van der Waals surface area contributed by atoms with Gasteiger partial charge in [-0.2, -0.15) is 0 Å². The van der Waals surface area contributed by atoms with Gasteiger partial charge in [0, 0.05) is 13.2 Å². The van der Waals surface area contributed by atoms with E-state index in [2.05, 4.69) is 16.5 Å². The highest BCUT2D eigenvalue weighted by atomic mass is 32.2. The van der Waals surface area contributed by atoms with Gasteiger partial charge in [0.2, 0.25) is 10.0 Å². The monoisotopic (exact) mass is 292 g/mol. The molecule has 1 heterocycles. The Morgan fingerprint density at radius 1 is 1.26 bits per heavy atom. The number of likely N-dealkylation sites (tertiary alicyclic amines) is 1. The third kappa shape index (κ3) is 5.38. The Hall–Kier alpha value is -0.170. The molecule has 0 aromatic carbocycles. The number of aliphatic hydroxyl groups is 1. The summed E-state index contributed by atoms with van der Waals surface area (Å²) in [4.78, 5) is 2.36. The van der Waals surface area contributed by atoms with Gasteiger partial charge in [-0.1, -0.05) is 6.92 Å². The van der Waals surface area contributed by atoms with Gasteiger partial charge in [-0.15, -0.1) is 0 Å². The number of nitrogens with zero attached hydrogens (tertiary/aromatic N) is 1. The molecule has 1 aliphatic rings. The lowest BCUT2D eigenvalue weighted by Gasteiger charge is -2.40. The lowest BCUT2D eigenvalue weighted by Crippen LogP contribution is -2.42. The van der Waals surface area contributed by atoms with Crippen LogP contribution in [0.5, 0.6) is 0 Å². The summed E-state index contributed by atoms with van der Waals surface area (Å²) in [5, 5.41) is 9.46. The molecule has 0 amide bonds. The number of aliphatic hydroxyl groups excluding tert-OH is 1. The van der Waals surface area contributed by atoms with Crippen molar-refractivity contribution in [3.05, 3.63) is 0 Å². The zero-order valence-corrected chi connectivity index (χ0v) is 13.0.